The van der Waals surface area contributed by atoms with E-state index in [2.05, 4.69) is 20.3 Å². The summed E-state index contributed by atoms with van der Waals surface area (Å²) >= 11 is 5.76. The molecule has 1 atom stereocenters. The van der Waals surface area contributed by atoms with E-state index in [1.54, 1.807) is 36.4 Å². The Morgan fingerprint density at radius 2 is 1.86 bits per heavy atom. The lowest BCUT2D eigenvalue weighted by atomic mass is 10.1. The number of hydrogen-bond acceptors (Lipinski definition) is 5. The van der Waals surface area contributed by atoms with Gasteiger partial charge in [0.05, 0.1) is 16.3 Å². The molecule has 144 valence electrons. The number of amides is 1. The van der Waals surface area contributed by atoms with Gasteiger partial charge in [0, 0.05) is 17.5 Å². The van der Waals surface area contributed by atoms with Crippen LogP contribution >= 0.6 is 11.6 Å². The average molecular weight is 399 g/mol. The minimum Gasteiger partial charge on any atom is -0.449 e. The summed E-state index contributed by atoms with van der Waals surface area (Å²) in [5, 5.41) is 3.02. The number of aryl methyl sites for hydroxylation is 2. The largest absolute Gasteiger partial charge is 0.449 e. The van der Waals surface area contributed by atoms with Crippen molar-refractivity contribution in [2.45, 2.75) is 26.9 Å². The van der Waals surface area contributed by atoms with Crippen LogP contribution in [0.25, 0.3) is 11.4 Å². The Hall–Kier alpha value is -3.19. The lowest BCUT2D eigenvalue weighted by molar-refractivity contribution is -0.123. The predicted octanol–water partition coefficient (Wildman–Crippen LogP) is 3.93. The molecule has 7 nitrogen and oxygen atoms in total. The molecule has 0 saturated carbocycles. The van der Waals surface area contributed by atoms with Gasteiger partial charge in [-0.3, -0.25) is 4.79 Å². The Labute approximate surface area is 167 Å². The van der Waals surface area contributed by atoms with Gasteiger partial charge in [0.2, 0.25) is 0 Å². The minimum atomic E-state index is -0.986. The van der Waals surface area contributed by atoms with Gasteiger partial charge in [-0.25, -0.2) is 14.8 Å². The van der Waals surface area contributed by atoms with E-state index in [4.69, 9.17) is 16.3 Å². The Morgan fingerprint density at radius 3 is 2.43 bits per heavy atom. The van der Waals surface area contributed by atoms with Crippen LogP contribution in [0.3, 0.4) is 0 Å². The standard InChI is InChI=1S/C20H19ClN4O3/c1-11-12(2)24-18(23-11)14-4-6-15(7-5-14)20(27)28-13(3)19(26)25-17-9-8-16(21)10-22-17/h4-10,13H,1-3H3,(H,23,24)(H,22,25,26). The highest BCUT2D eigenvalue weighted by molar-refractivity contribution is 6.30. The summed E-state index contributed by atoms with van der Waals surface area (Å²) in [6, 6.07) is 9.98. The van der Waals surface area contributed by atoms with Crippen LogP contribution in [0.15, 0.2) is 42.6 Å². The minimum absolute atomic E-state index is 0.325. The molecule has 1 aromatic carbocycles. The first-order chi connectivity index (χ1) is 13.3. The SMILES string of the molecule is Cc1nc(-c2ccc(C(=O)OC(C)C(=O)Nc3ccc(Cl)cn3)cc2)[nH]c1C. The number of nitrogens with one attached hydrogen (secondary N) is 2. The number of H-pyrrole nitrogens is 1. The molecule has 1 amide bonds. The average Bonchev–Trinajstić information content (AvgIpc) is 3.02. The number of aromatic nitrogens is 3. The Kier molecular flexibility index (Phi) is 5.75. The van der Waals surface area contributed by atoms with Crippen molar-refractivity contribution in [2.75, 3.05) is 5.32 Å². The van der Waals surface area contributed by atoms with E-state index in [-0.39, 0.29) is 0 Å². The summed E-state index contributed by atoms with van der Waals surface area (Å²) in [6.07, 6.45) is 0.428. The van der Waals surface area contributed by atoms with E-state index in [0.29, 0.717) is 16.4 Å². The molecule has 0 radical (unpaired) electrons. The lowest BCUT2D eigenvalue weighted by Crippen LogP contribution is -2.30. The van der Waals surface area contributed by atoms with Crippen LogP contribution < -0.4 is 5.32 Å². The van der Waals surface area contributed by atoms with E-state index in [9.17, 15) is 9.59 Å². The summed E-state index contributed by atoms with van der Waals surface area (Å²) in [6.45, 7) is 5.36. The number of anilines is 1. The highest BCUT2D eigenvalue weighted by Gasteiger charge is 2.19. The maximum atomic E-state index is 12.3. The quantitative estimate of drug-likeness (QED) is 0.635. The van der Waals surface area contributed by atoms with E-state index in [1.807, 2.05) is 13.8 Å². The first-order valence-corrected chi connectivity index (χ1v) is 8.98. The second-order valence-corrected chi connectivity index (χ2v) is 6.71. The van der Waals surface area contributed by atoms with Crippen molar-refractivity contribution in [1.29, 1.82) is 0 Å². The van der Waals surface area contributed by atoms with Gasteiger partial charge in [-0.1, -0.05) is 23.7 Å². The smallest absolute Gasteiger partial charge is 0.338 e. The molecule has 2 N–H and O–H groups in total. The second kappa shape index (κ2) is 8.22. The second-order valence-electron chi connectivity index (χ2n) is 6.27. The molecule has 0 saturated heterocycles. The van der Waals surface area contributed by atoms with Crippen molar-refractivity contribution in [3.05, 3.63) is 64.6 Å². The fraction of sp³-hybridized carbons (Fsp3) is 0.200. The molecule has 2 heterocycles. The summed E-state index contributed by atoms with van der Waals surface area (Å²) in [5.41, 5.74) is 3.11. The van der Waals surface area contributed by atoms with E-state index >= 15 is 0 Å². The van der Waals surface area contributed by atoms with Crippen LogP contribution in [0, 0.1) is 13.8 Å². The summed E-state index contributed by atoms with van der Waals surface area (Å²) in [4.78, 5) is 36.1. The summed E-state index contributed by atoms with van der Waals surface area (Å²) in [5.74, 6) is -0.0183. The molecular formula is C20H19ClN4O3. The van der Waals surface area contributed by atoms with E-state index < -0.39 is 18.0 Å². The van der Waals surface area contributed by atoms with Crippen molar-refractivity contribution >= 4 is 29.3 Å². The number of carbonyl (C=O) groups excluding carboxylic acids is 2. The van der Waals surface area contributed by atoms with Crippen LogP contribution in [0.2, 0.25) is 5.02 Å². The van der Waals surface area contributed by atoms with Crippen molar-refractivity contribution in [3.8, 4) is 11.4 Å². The van der Waals surface area contributed by atoms with Crippen molar-refractivity contribution in [1.82, 2.24) is 15.0 Å². The van der Waals surface area contributed by atoms with Gasteiger partial charge in [-0.2, -0.15) is 0 Å². The number of ether oxygens (including phenoxy) is 1. The number of aromatic amines is 1. The topological polar surface area (TPSA) is 97.0 Å². The number of carbonyl (C=O) groups is 2. The Bertz CT molecular complexity index is 978. The zero-order valence-electron chi connectivity index (χ0n) is 15.6. The molecule has 3 rings (SSSR count). The van der Waals surface area contributed by atoms with Crippen molar-refractivity contribution in [2.24, 2.45) is 0 Å². The molecule has 28 heavy (non-hydrogen) atoms. The first kappa shape index (κ1) is 19.6. The fourth-order valence-corrected chi connectivity index (χ4v) is 2.52. The number of imidazole rings is 1. The molecule has 0 bridgehead atoms. The number of benzene rings is 1. The number of pyridine rings is 1. The van der Waals surface area contributed by atoms with Gasteiger partial charge < -0.3 is 15.0 Å². The third kappa shape index (κ3) is 4.55. The maximum Gasteiger partial charge on any atom is 0.338 e. The van der Waals surface area contributed by atoms with Crippen LogP contribution in [-0.4, -0.2) is 32.9 Å². The lowest BCUT2D eigenvalue weighted by Gasteiger charge is -2.13. The third-order valence-corrected chi connectivity index (χ3v) is 4.38. The number of halogens is 1. The normalized spacial score (nSPS) is 11.7. The van der Waals surface area contributed by atoms with Crippen LogP contribution in [0.1, 0.15) is 28.7 Å². The van der Waals surface area contributed by atoms with E-state index in [0.717, 1.165) is 22.8 Å². The van der Waals surface area contributed by atoms with Gasteiger partial charge in [0.1, 0.15) is 11.6 Å². The molecule has 0 spiro atoms. The number of hydrogen-bond donors (Lipinski definition) is 2. The Balaban J connectivity index is 1.61. The number of nitrogens with zero attached hydrogens (tertiary/aromatic N) is 2. The molecule has 0 aliphatic rings. The zero-order valence-corrected chi connectivity index (χ0v) is 16.4. The van der Waals surface area contributed by atoms with Crippen LogP contribution in [0.4, 0.5) is 5.82 Å². The Morgan fingerprint density at radius 1 is 1.14 bits per heavy atom. The van der Waals surface area contributed by atoms with Gasteiger partial charge in [-0.05, 0) is 45.0 Å². The molecule has 8 heteroatoms. The van der Waals surface area contributed by atoms with Gasteiger partial charge >= 0.3 is 5.97 Å². The highest BCUT2D eigenvalue weighted by Crippen LogP contribution is 2.19. The van der Waals surface area contributed by atoms with Gasteiger partial charge in [0.25, 0.3) is 5.91 Å². The van der Waals surface area contributed by atoms with Crippen molar-refractivity contribution in [3.63, 3.8) is 0 Å². The molecule has 2 aromatic heterocycles. The molecule has 3 aromatic rings. The van der Waals surface area contributed by atoms with Gasteiger partial charge in [0.15, 0.2) is 6.10 Å². The molecule has 0 fully saturated rings. The zero-order chi connectivity index (χ0) is 20.3. The van der Waals surface area contributed by atoms with Gasteiger partial charge in [-0.15, -0.1) is 0 Å². The summed E-state index contributed by atoms with van der Waals surface area (Å²) < 4.78 is 5.23. The molecule has 0 aliphatic heterocycles. The molecular weight excluding hydrogens is 380 g/mol. The van der Waals surface area contributed by atoms with Crippen LogP contribution in [-0.2, 0) is 9.53 Å². The number of esters is 1. The third-order valence-electron chi connectivity index (χ3n) is 4.15. The first-order valence-electron chi connectivity index (χ1n) is 8.60. The molecule has 0 aliphatic carbocycles. The van der Waals surface area contributed by atoms with E-state index in [1.165, 1.54) is 13.1 Å². The van der Waals surface area contributed by atoms with Crippen molar-refractivity contribution < 1.29 is 14.3 Å². The molecule has 1 unspecified atom stereocenters. The highest BCUT2D eigenvalue weighted by atomic mass is 35.5. The monoisotopic (exact) mass is 398 g/mol. The fourth-order valence-electron chi connectivity index (χ4n) is 2.41. The summed E-state index contributed by atoms with van der Waals surface area (Å²) in [7, 11) is 0. The maximum absolute atomic E-state index is 12.3. The predicted molar refractivity (Wildman–Crippen MR) is 106 cm³/mol. The number of rotatable bonds is 5. The van der Waals surface area contributed by atoms with Crippen LogP contribution in [0.5, 0.6) is 0 Å².